The van der Waals surface area contributed by atoms with Gasteiger partial charge in [0.1, 0.15) is 18.4 Å². The number of carbonyl (C=O) groups excluding carboxylic acids is 2. The second-order valence-electron chi connectivity index (χ2n) is 10.7. The maximum absolute atomic E-state index is 14.2. The van der Waals surface area contributed by atoms with Gasteiger partial charge < -0.3 is 10.2 Å². The topological polar surface area (TPSA) is 86.8 Å². The molecule has 0 unspecified atom stereocenters. The van der Waals surface area contributed by atoms with E-state index in [1.165, 1.54) is 29.2 Å². The van der Waals surface area contributed by atoms with E-state index in [0.717, 1.165) is 35.6 Å². The Morgan fingerprint density at radius 2 is 1.63 bits per heavy atom. The van der Waals surface area contributed by atoms with Crippen molar-refractivity contribution in [1.29, 1.82) is 0 Å². The number of hydrogen-bond acceptors (Lipinski definition) is 4. The van der Waals surface area contributed by atoms with Crippen molar-refractivity contribution in [3.63, 3.8) is 0 Å². The summed E-state index contributed by atoms with van der Waals surface area (Å²) in [5.74, 6) is -1.20. The van der Waals surface area contributed by atoms with E-state index < -0.39 is 34.3 Å². The highest BCUT2D eigenvalue weighted by Gasteiger charge is 2.35. The molecule has 0 saturated heterocycles. The maximum atomic E-state index is 14.2. The van der Waals surface area contributed by atoms with Crippen molar-refractivity contribution in [2.75, 3.05) is 10.8 Å². The predicted molar refractivity (Wildman–Crippen MR) is 158 cm³/mol. The molecule has 0 heterocycles. The number of anilines is 1. The number of nitrogens with one attached hydrogen (secondary N) is 1. The highest BCUT2D eigenvalue weighted by atomic mass is 32.2. The zero-order valence-corrected chi connectivity index (χ0v) is 24.7. The number of rotatable bonds is 11. The minimum atomic E-state index is -4.13. The highest BCUT2D eigenvalue weighted by Crippen LogP contribution is 2.28. The number of nitrogens with zero attached hydrogens (tertiary/aromatic N) is 2. The number of aryl methyl sites for hydroxylation is 2. The Kier molecular flexibility index (Phi) is 9.81. The molecule has 1 fully saturated rings. The first-order valence-corrected chi connectivity index (χ1v) is 15.5. The Bertz CT molecular complexity index is 1460. The van der Waals surface area contributed by atoms with E-state index in [9.17, 15) is 22.4 Å². The van der Waals surface area contributed by atoms with E-state index >= 15 is 0 Å². The van der Waals surface area contributed by atoms with Crippen LogP contribution >= 0.6 is 0 Å². The fourth-order valence-electron chi connectivity index (χ4n) is 5.39. The van der Waals surface area contributed by atoms with E-state index in [1.54, 1.807) is 49.4 Å². The molecule has 1 aliphatic rings. The summed E-state index contributed by atoms with van der Waals surface area (Å²) in [6.45, 7) is 5.07. The van der Waals surface area contributed by atoms with Gasteiger partial charge in [-0.15, -0.1) is 0 Å². The van der Waals surface area contributed by atoms with E-state index in [-0.39, 0.29) is 23.4 Å². The Hall–Kier alpha value is -3.72. The average molecular weight is 580 g/mol. The van der Waals surface area contributed by atoms with E-state index in [1.807, 2.05) is 19.9 Å². The summed E-state index contributed by atoms with van der Waals surface area (Å²) < 4.78 is 42.7. The van der Waals surface area contributed by atoms with Crippen LogP contribution in [0.1, 0.15) is 55.7 Å². The molecule has 2 amide bonds. The molecular weight excluding hydrogens is 541 g/mol. The lowest BCUT2D eigenvalue weighted by molar-refractivity contribution is -0.140. The normalized spacial score (nSPS) is 14.4. The molecule has 1 saturated carbocycles. The Morgan fingerprint density at radius 1 is 0.976 bits per heavy atom. The third-order valence-electron chi connectivity index (χ3n) is 7.58. The quantitative estimate of drug-likeness (QED) is 0.325. The lowest BCUT2D eigenvalue weighted by Gasteiger charge is -2.34. The minimum Gasteiger partial charge on any atom is -0.352 e. The number of amides is 2. The summed E-state index contributed by atoms with van der Waals surface area (Å²) in [5.41, 5.74) is 2.68. The van der Waals surface area contributed by atoms with Crippen molar-refractivity contribution in [1.82, 2.24) is 10.2 Å². The van der Waals surface area contributed by atoms with Gasteiger partial charge >= 0.3 is 0 Å². The molecule has 0 spiro atoms. The van der Waals surface area contributed by atoms with Crippen LogP contribution < -0.4 is 9.62 Å². The fourth-order valence-corrected chi connectivity index (χ4v) is 6.89. The monoisotopic (exact) mass is 579 g/mol. The van der Waals surface area contributed by atoms with Gasteiger partial charge in [0.15, 0.2) is 0 Å². The number of halogens is 1. The molecule has 41 heavy (non-hydrogen) atoms. The van der Waals surface area contributed by atoms with Gasteiger partial charge in [-0.2, -0.15) is 0 Å². The summed E-state index contributed by atoms with van der Waals surface area (Å²) in [7, 11) is -4.13. The Morgan fingerprint density at radius 3 is 2.24 bits per heavy atom. The molecule has 1 aliphatic carbocycles. The molecule has 1 N–H and O–H groups in total. The summed E-state index contributed by atoms with van der Waals surface area (Å²) in [4.78, 5) is 29.1. The number of hydrogen-bond donors (Lipinski definition) is 1. The fraction of sp³-hybridized carbons (Fsp3) is 0.375. The Labute approximate surface area is 242 Å². The number of benzene rings is 3. The van der Waals surface area contributed by atoms with Gasteiger partial charge in [-0.05, 0) is 74.6 Å². The molecule has 0 bridgehead atoms. The SMILES string of the molecule is CC[C@H](C(=O)NC1CCCC1)N(Cc1ccc(F)cc1)C(=O)CN(c1ccc(C)cc1C)S(=O)(=O)c1ccccc1. The zero-order chi connectivity index (χ0) is 29.6. The summed E-state index contributed by atoms with van der Waals surface area (Å²) in [5, 5.41) is 3.09. The van der Waals surface area contributed by atoms with Gasteiger partial charge in [0, 0.05) is 12.6 Å². The van der Waals surface area contributed by atoms with Crippen molar-refractivity contribution in [2.24, 2.45) is 0 Å². The largest absolute Gasteiger partial charge is 0.352 e. The molecule has 0 aromatic heterocycles. The maximum Gasteiger partial charge on any atom is 0.264 e. The summed E-state index contributed by atoms with van der Waals surface area (Å²) in [6.07, 6.45) is 4.21. The highest BCUT2D eigenvalue weighted by molar-refractivity contribution is 7.92. The van der Waals surface area contributed by atoms with Gasteiger partial charge in [-0.3, -0.25) is 13.9 Å². The molecule has 1 atom stereocenters. The molecule has 0 aliphatic heterocycles. The molecule has 7 nitrogen and oxygen atoms in total. The predicted octanol–water partition coefficient (Wildman–Crippen LogP) is 5.50. The number of carbonyl (C=O) groups is 2. The van der Waals surface area contributed by atoms with Crippen LogP contribution in [0.4, 0.5) is 10.1 Å². The van der Waals surface area contributed by atoms with Gasteiger partial charge in [-0.25, -0.2) is 12.8 Å². The first-order valence-electron chi connectivity index (χ1n) is 14.1. The third-order valence-corrected chi connectivity index (χ3v) is 9.36. The van der Waals surface area contributed by atoms with Gasteiger partial charge in [-0.1, -0.05) is 67.8 Å². The summed E-state index contributed by atoms with van der Waals surface area (Å²) in [6, 6.07) is 18.3. The minimum absolute atomic E-state index is 0.0296. The van der Waals surface area contributed by atoms with Crippen molar-refractivity contribution >= 4 is 27.5 Å². The molecule has 4 rings (SSSR count). The standard InChI is InChI=1S/C32H38FN3O4S/c1-4-29(32(38)34-27-10-8-9-11-27)35(21-25-15-17-26(33)18-16-25)31(37)22-36(30-19-14-23(2)20-24(30)3)41(39,40)28-12-6-5-7-13-28/h5-7,12-20,27,29H,4,8-11,21-22H2,1-3H3,(H,34,38)/t29-/m1/s1. The number of sulfonamides is 1. The first kappa shape index (κ1) is 30.2. The van der Waals surface area contributed by atoms with Gasteiger partial charge in [0.05, 0.1) is 10.6 Å². The van der Waals surface area contributed by atoms with Crippen LogP contribution in [-0.4, -0.2) is 43.8 Å². The molecule has 3 aromatic rings. The first-order chi connectivity index (χ1) is 19.6. The van der Waals surface area contributed by atoms with Crippen LogP contribution in [0.2, 0.25) is 0 Å². The lowest BCUT2D eigenvalue weighted by Crippen LogP contribution is -2.53. The van der Waals surface area contributed by atoms with Crippen molar-refractivity contribution in [3.8, 4) is 0 Å². The molecule has 218 valence electrons. The van der Waals surface area contributed by atoms with E-state index in [4.69, 9.17) is 0 Å². The van der Waals surface area contributed by atoms with Crippen LogP contribution in [0.5, 0.6) is 0 Å². The van der Waals surface area contributed by atoms with E-state index in [2.05, 4.69) is 5.32 Å². The van der Waals surface area contributed by atoms with Gasteiger partial charge in [0.25, 0.3) is 10.0 Å². The van der Waals surface area contributed by atoms with Crippen LogP contribution in [-0.2, 0) is 26.2 Å². The molecular formula is C32H38FN3O4S. The zero-order valence-electron chi connectivity index (χ0n) is 23.8. The smallest absolute Gasteiger partial charge is 0.264 e. The molecule has 3 aromatic carbocycles. The lowest BCUT2D eigenvalue weighted by atomic mass is 10.1. The van der Waals surface area contributed by atoms with Crippen LogP contribution in [0.25, 0.3) is 0 Å². The van der Waals surface area contributed by atoms with Crippen molar-refractivity contribution in [3.05, 3.63) is 95.3 Å². The van der Waals surface area contributed by atoms with Crippen LogP contribution in [0.15, 0.2) is 77.7 Å². The summed E-state index contributed by atoms with van der Waals surface area (Å²) >= 11 is 0. The molecule has 0 radical (unpaired) electrons. The average Bonchev–Trinajstić information content (AvgIpc) is 3.46. The second-order valence-corrected chi connectivity index (χ2v) is 12.5. The molecule has 9 heteroatoms. The second kappa shape index (κ2) is 13.3. The van der Waals surface area contributed by atoms with Gasteiger partial charge in [0.2, 0.25) is 11.8 Å². The van der Waals surface area contributed by atoms with Crippen LogP contribution in [0, 0.1) is 19.7 Å². The third kappa shape index (κ3) is 7.33. The van der Waals surface area contributed by atoms with Crippen molar-refractivity contribution in [2.45, 2.75) is 76.4 Å². The Balaban J connectivity index is 1.72. The van der Waals surface area contributed by atoms with Crippen molar-refractivity contribution < 1.29 is 22.4 Å². The van der Waals surface area contributed by atoms with Crippen LogP contribution in [0.3, 0.4) is 0 Å². The van der Waals surface area contributed by atoms with E-state index in [0.29, 0.717) is 23.2 Å².